The minimum Gasteiger partial charge on any atom is -0.388 e. The van der Waals surface area contributed by atoms with Gasteiger partial charge in [0.2, 0.25) is 5.91 Å². The summed E-state index contributed by atoms with van der Waals surface area (Å²) in [6, 6.07) is 21.3. The zero-order chi connectivity index (χ0) is 31.8. The number of piperidine rings is 2. The van der Waals surface area contributed by atoms with Crippen LogP contribution in [0.5, 0.6) is 0 Å². The van der Waals surface area contributed by atoms with Crippen molar-refractivity contribution in [2.45, 2.75) is 37.3 Å². The molecule has 3 aromatic heterocycles. The smallest absolute Gasteiger partial charge is 0.265 e. The lowest BCUT2D eigenvalue weighted by Gasteiger charge is -2.43. The molecule has 2 atom stereocenters. The van der Waals surface area contributed by atoms with E-state index in [0.29, 0.717) is 65.8 Å². The lowest BCUT2D eigenvalue weighted by molar-refractivity contribution is -0.142. The summed E-state index contributed by atoms with van der Waals surface area (Å²) < 4.78 is 3.67. The van der Waals surface area contributed by atoms with Crippen molar-refractivity contribution in [1.82, 2.24) is 28.9 Å². The quantitative estimate of drug-likeness (QED) is 0.286. The molecule has 2 saturated heterocycles. The summed E-state index contributed by atoms with van der Waals surface area (Å²) in [6.45, 7) is 1.73. The molecule has 0 bridgehead atoms. The maximum atomic E-state index is 14.0. The average molecular weight is 657 g/mol. The van der Waals surface area contributed by atoms with Gasteiger partial charge in [-0.2, -0.15) is 0 Å². The molecule has 2 aliphatic heterocycles. The summed E-state index contributed by atoms with van der Waals surface area (Å²) in [5.74, 6) is -0.564. The van der Waals surface area contributed by atoms with Crippen LogP contribution in [0.3, 0.4) is 0 Å². The Morgan fingerprint density at radius 3 is 2.37 bits per heavy atom. The zero-order valence-electron chi connectivity index (χ0n) is 25.0. The lowest BCUT2D eigenvalue weighted by atomic mass is 9.79. The summed E-state index contributed by atoms with van der Waals surface area (Å²) in [7, 11) is 0. The maximum Gasteiger partial charge on any atom is 0.265 e. The fraction of sp³-hybridized carbons (Fsp3) is 0.324. The third-order valence-electron chi connectivity index (χ3n) is 9.31. The first-order chi connectivity index (χ1) is 22.3. The van der Waals surface area contributed by atoms with Gasteiger partial charge in [-0.25, -0.2) is 9.97 Å². The molecule has 0 radical (unpaired) electrons. The Morgan fingerprint density at radius 2 is 1.67 bits per heavy atom. The number of carbonyl (C=O) groups is 2. The molecule has 2 amide bonds. The number of aliphatic hydroxyl groups is 1. The first kappa shape index (κ1) is 30.3. The van der Waals surface area contributed by atoms with Crippen LogP contribution in [0, 0.1) is 5.92 Å². The molecule has 2 aliphatic rings. The zero-order valence-corrected chi connectivity index (χ0v) is 26.6. The highest BCUT2D eigenvalue weighted by molar-refractivity contribution is 7.17. The van der Waals surface area contributed by atoms with E-state index in [-0.39, 0.29) is 35.8 Å². The molecular weight excluding hydrogens is 624 g/mol. The van der Waals surface area contributed by atoms with Gasteiger partial charge >= 0.3 is 0 Å². The topological polar surface area (TPSA) is 114 Å². The second kappa shape index (κ2) is 12.5. The van der Waals surface area contributed by atoms with Crippen LogP contribution >= 0.6 is 22.9 Å². The second-order valence-electron chi connectivity index (χ2n) is 12.1. The number of amides is 2. The average Bonchev–Trinajstić information content (AvgIpc) is 3.73. The fourth-order valence-electron chi connectivity index (χ4n) is 6.79. The predicted octanol–water partition coefficient (Wildman–Crippen LogP) is 4.60. The van der Waals surface area contributed by atoms with Gasteiger partial charge in [-0.3, -0.25) is 19.0 Å². The van der Waals surface area contributed by atoms with Gasteiger partial charge in [-0.05, 0) is 43.0 Å². The van der Waals surface area contributed by atoms with Crippen molar-refractivity contribution in [2.75, 3.05) is 26.2 Å². The first-order valence-corrected chi connectivity index (χ1v) is 16.6. The molecule has 5 heterocycles. The molecule has 46 heavy (non-hydrogen) atoms. The van der Waals surface area contributed by atoms with Gasteiger partial charge in [0, 0.05) is 49.9 Å². The molecule has 0 saturated carbocycles. The number of hydrogen-bond acceptors (Lipinski definition) is 7. The van der Waals surface area contributed by atoms with Crippen LogP contribution in [0.4, 0.5) is 0 Å². The van der Waals surface area contributed by atoms with Crippen LogP contribution in [-0.2, 0) is 11.3 Å². The van der Waals surface area contributed by atoms with Gasteiger partial charge in [0.05, 0.1) is 23.7 Å². The summed E-state index contributed by atoms with van der Waals surface area (Å²) in [5, 5.41) is 12.0. The van der Waals surface area contributed by atoms with E-state index in [1.165, 1.54) is 17.1 Å². The molecule has 236 valence electrons. The number of fused-ring (bicyclic) bond motifs is 1. The van der Waals surface area contributed by atoms with Crippen LogP contribution in [0.2, 0.25) is 4.47 Å². The number of likely N-dealkylation sites (tertiary alicyclic amines) is 2. The van der Waals surface area contributed by atoms with Crippen LogP contribution in [0.1, 0.15) is 40.4 Å². The van der Waals surface area contributed by atoms with E-state index in [1.807, 2.05) is 76.3 Å². The third-order valence-corrected chi connectivity index (χ3v) is 10.4. The van der Waals surface area contributed by atoms with E-state index in [1.54, 1.807) is 11.0 Å². The van der Waals surface area contributed by atoms with E-state index >= 15 is 0 Å². The highest BCUT2D eigenvalue weighted by atomic mass is 35.5. The number of benzene rings is 2. The first-order valence-electron chi connectivity index (χ1n) is 15.4. The van der Waals surface area contributed by atoms with Crippen LogP contribution in [-0.4, -0.2) is 77.6 Å². The predicted molar refractivity (Wildman–Crippen MR) is 176 cm³/mol. The van der Waals surface area contributed by atoms with Crippen molar-refractivity contribution in [3.63, 3.8) is 0 Å². The molecule has 2 fully saturated rings. The van der Waals surface area contributed by atoms with Crippen LogP contribution in [0.25, 0.3) is 16.7 Å². The summed E-state index contributed by atoms with van der Waals surface area (Å²) in [5.41, 5.74) is 1.13. The largest absolute Gasteiger partial charge is 0.388 e. The Hall–Kier alpha value is -4.32. The molecule has 12 heteroatoms. The number of nitrogens with zero attached hydrogens (tertiary/aromatic N) is 6. The van der Waals surface area contributed by atoms with Gasteiger partial charge in [0.25, 0.3) is 11.5 Å². The molecule has 0 unspecified atom stereocenters. The molecule has 1 N–H and O–H groups in total. The Balaban J connectivity index is 1.04. The SMILES string of the molecule is O=C(c1cnc(Cl)s1)N1CC[C@@H](C(=O)N2CCC(O)(Cn3cnc4c(ccn4-c4ccccc4)c3=O)CC2)[C@H](c2ccccc2)C1. The molecule has 0 aliphatic carbocycles. The second-order valence-corrected chi connectivity index (χ2v) is 13.7. The molecule has 2 aromatic carbocycles. The standard InChI is InChI=1S/C34H33ClN6O4S/c35-33-36-19-28(46-33)32(44)39-15-11-25(27(20-39)23-7-3-1-4-8-23)30(42)38-17-13-34(45,14-18-38)21-40-22-37-29-26(31(40)43)12-16-41(29)24-9-5-2-6-10-24/h1-10,12,16,19,22,25,27,45H,11,13-15,17-18,20-21H2/t25-,27+/m1/s1. The molecule has 0 spiro atoms. The van der Waals surface area contributed by atoms with Crippen molar-refractivity contribution in [3.8, 4) is 5.69 Å². The number of halogens is 1. The van der Waals surface area contributed by atoms with Crippen molar-refractivity contribution >= 4 is 45.8 Å². The summed E-state index contributed by atoms with van der Waals surface area (Å²) in [6.07, 6.45) is 6.04. The lowest BCUT2D eigenvalue weighted by Crippen LogP contribution is -2.53. The van der Waals surface area contributed by atoms with Crippen LogP contribution in [0.15, 0.2) is 90.2 Å². The van der Waals surface area contributed by atoms with E-state index < -0.39 is 5.60 Å². The Morgan fingerprint density at radius 1 is 0.957 bits per heavy atom. The van der Waals surface area contributed by atoms with Gasteiger partial charge in [-0.1, -0.05) is 71.5 Å². The minimum absolute atomic E-state index is 0.0336. The highest BCUT2D eigenvalue weighted by Gasteiger charge is 2.42. The van der Waals surface area contributed by atoms with Crippen LogP contribution < -0.4 is 5.56 Å². The number of para-hydroxylation sites is 1. The third kappa shape index (κ3) is 5.86. The Kier molecular flexibility index (Phi) is 8.22. The Bertz CT molecular complexity index is 1930. The normalized spacial score (nSPS) is 19.8. The molecule has 10 nitrogen and oxygen atoms in total. The number of carbonyl (C=O) groups excluding carboxylic acids is 2. The summed E-state index contributed by atoms with van der Waals surface area (Å²) >= 11 is 7.14. The molecule has 7 rings (SSSR count). The maximum absolute atomic E-state index is 14.0. The van der Waals surface area contributed by atoms with Gasteiger partial charge in [0.15, 0.2) is 10.1 Å². The number of thiazole rings is 1. The number of hydrogen-bond donors (Lipinski definition) is 1. The number of aromatic nitrogens is 4. The summed E-state index contributed by atoms with van der Waals surface area (Å²) in [4.78, 5) is 53.4. The van der Waals surface area contributed by atoms with E-state index in [4.69, 9.17) is 11.6 Å². The van der Waals surface area contributed by atoms with Crippen molar-refractivity contribution in [3.05, 3.63) is 111 Å². The van der Waals surface area contributed by atoms with E-state index in [2.05, 4.69) is 9.97 Å². The van der Waals surface area contributed by atoms with E-state index in [9.17, 15) is 19.5 Å². The molecular formula is C34H33ClN6O4S. The highest BCUT2D eigenvalue weighted by Crippen LogP contribution is 2.36. The fourth-order valence-corrected chi connectivity index (χ4v) is 7.70. The van der Waals surface area contributed by atoms with Crippen molar-refractivity contribution < 1.29 is 14.7 Å². The Labute approximate surface area is 274 Å². The molecule has 5 aromatic rings. The van der Waals surface area contributed by atoms with Gasteiger partial charge < -0.3 is 19.5 Å². The van der Waals surface area contributed by atoms with Gasteiger partial charge in [0.1, 0.15) is 11.2 Å². The van der Waals surface area contributed by atoms with Crippen molar-refractivity contribution in [2.24, 2.45) is 5.92 Å². The van der Waals surface area contributed by atoms with Crippen molar-refractivity contribution in [1.29, 1.82) is 0 Å². The van der Waals surface area contributed by atoms with Gasteiger partial charge in [-0.15, -0.1) is 0 Å². The number of rotatable bonds is 6. The van der Waals surface area contributed by atoms with E-state index in [0.717, 1.165) is 22.6 Å². The monoisotopic (exact) mass is 656 g/mol. The minimum atomic E-state index is -1.15.